The average Bonchev–Trinajstić information content (AvgIpc) is 3.19. The van der Waals surface area contributed by atoms with Crippen molar-refractivity contribution in [3.63, 3.8) is 0 Å². The van der Waals surface area contributed by atoms with E-state index in [1.165, 1.54) is 0 Å². The molecule has 5 heteroatoms. The molecule has 0 unspecified atom stereocenters. The minimum absolute atomic E-state index is 0.441. The summed E-state index contributed by atoms with van der Waals surface area (Å²) in [4.78, 5) is 8.02. The van der Waals surface area contributed by atoms with Gasteiger partial charge in [0.15, 0.2) is 11.5 Å². The van der Waals surface area contributed by atoms with Gasteiger partial charge in [0, 0.05) is 5.56 Å². The van der Waals surface area contributed by atoms with Crippen LogP contribution in [0.2, 0.25) is 0 Å². The van der Waals surface area contributed by atoms with Crippen LogP contribution in [0.4, 0.5) is 0 Å². The first-order chi connectivity index (χ1) is 14.3. The van der Waals surface area contributed by atoms with Gasteiger partial charge >= 0.3 is 0 Å². The van der Waals surface area contributed by atoms with Crippen LogP contribution in [0.15, 0.2) is 66.7 Å². The van der Waals surface area contributed by atoms with Gasteiger partial charge in [0.25, 0.3) is 0 Å². The van der Waals surface area contributed by atoms with Gasteiger partial charge in [-0.3, -0.25) is 0 Å². The standard InChI is InChI=1S/C24H24N2O3/c1-3-27-22-13-12-17(14-23(22)28-4-2)16-29-19-9-7-8-18(15-19)24-25-20-10-5-6-11-21(20)26-24/h5-15H,3-4,16H2,1-2H3,(H,25,26). The van der Waals surface area contributed by atoms with E-state index in [0.29, 0.717) is 19.8 Å². The summed E-state index contributed by atoms with van der Waals surface area (Å²) in [5.74, 6) is 3.11. The Morgan fingerprint density at radius 2 is 1.62 bits per heavy atom. The largest absolute Gasteiger partial charge is 0.490 e. The van der Waals surface area contributed by atoms with Crippen LogP contribution in [0.3, 0.4) is 0 Å². The molecule has 4 rings (SSSR count). The quantitative estimate of drug-likeness (QED) is 0.426. The third kappa shape index (κ3) is 4.35. The van der Waals surface area contributed by atoms with E-state index in [-0.39, 0.29) is 0 Å². The van der Waals surface area contributed by atoms with Crippen molar-refractivity contribution in [2.45, 2.75) is 20.5 Å². The van der Waals surface area contributed by atoms with Crippen LogP contribution in [0, 0.1) is 0 Å². The van der Waals surface area contributed by atoms with Crippen molar-refractivity contribution < 1.29 is 14.2 Å². The van der Waals surface area contributed by atoms with Crippen LogP contribution in [-0.2, 0) is 6.61 Å². The Balaban J connectivity index is 1.50. The second kappa shape index (κ2) is 8.69. The molecule has 1 aromatic heterocycles. The number of hydrogen-bond donors (Lipinski definition) is 1. The molecule has 0 amide bonds. The topological polar surface area (TPSA) is 56.4 Å². The Morgan fingerprint density at radius 1 is 0.793 bits per heavy atom. The number of ether oxygens (including phenoxy) is 3. The number of nitrogens with one attached hydrogen (secondary N) is 1. The average molecular weight is 388 g/mol. The molecule has 4 aromatic rings. The lowest BCUT2D eigenvalue weighted by atomic mass is 10.2. The van der Waals surface area contributed by atoms with Crippen LogP contribution >= 0.6 is 0 Å². The van der Waals surface area contributed by atoms with E-state index in [9.17, 15) is 0 Å². The number of H-pyrrole nitrogens is 1. The molecule has 0 bridgehead atoms. The Bertz CT molecular complexity index is 1070. The van der Waals surface area contributed by atoms with Gasteiger partial charge in [-0.2, -0.15) is 0 Å². The molecule has 3 aromatic carbocycles. The first kappa shape index (κ1) is 18.9. The SMILES string of the molecule is CCOc1ccc(COc2cccc(-c3nc4ccccc4[nH]3)c2)cc1OCC. The lowest BCUT2D eigenvalue weighted by Crippen LogP contribution is -2.01. The van der Waals surface area contributed by atoms with Gasteiger partial charge in [-0.1, -0.05) is 30.3 Å². The minimum atomic E-state index is 0.441. The number of para-hydroxylation sites is 2. The Hall–Kier alpha value is -3.47. The van der Waals surface area contributed by atoms with Crippen LogP contribution in [-0.4, -0.2) is 23.2 Å². The van der Waals surface area contributed by atoms with Gasteiger partial charge in [-0.25, -0.2) is 4.98 Å². The van der Waals surface area contributed by atoms with Gasteiger partial charge in [0.1, 0.15) is 18.2 Å². The molecule has 0 saturated carbocycles. The smallest absolute Gasteiger partial charge is 0.161 e. The number of nitrogens with zero attached hydrogens (tertiary/aromatic N) is 1. The van der Waals surface area contributed by atoms with E-state index in [2.05, 4.69) is 9.97 Å². The summed E-state index contributed by atoms with van der Waals surface area (Å²) in [5, 5.41) is 0. The van der Waals surface area contributed by atoms with Crippen molar-refractivity contribution in [1.82, 2.24) is 9.97 Å². The molecule has 0 atom stereocenters. The van der Waals surface area contributed by atoms with Gasteiger partial charge in [-0.05, 0) is 55.8 Å². The zero-order chi connectivity index (χ0) is 20.1. The Labute approximate surface area is 170 Å². The number of fused-ring (bicyclic) bond motifs is 1. The minimum Gasteiger partial charge on any atom is -0.490 e. The highest BCUT2D eigenvalue weighted by Gasteiger charge is 2.08. The summed E-state index contributed by atoms with van der Waals surface area (Å²) in [6.45, 7) is 5.55. The number of aromatic amines is 1. The summed E-state index contributed by atoms with van der Waals surface area (Å²) in [7, 11) is 0. The monoisotopic (exact) mass is 388 g/mol. The molecule has 0 spiro atoms. The van der Waals surface area contributed by atoms with E-state index in [1.807, 2.05) is 80.6 Å². The molecule has 1 N–H and O–H groups in total. The maximum Gasteiger partial charge on any atom is 0.161 e. The molecule has 0 fully saturated rings. The van der Waals surface area contributed by atoms with Gasteiger partial charge in [-0.15, -0.1) is 0 Å². The fraction of sp³-hybridized carbons (Fsp3) is 0.208. The molecule has 1 heterocycles. The van der Waals surface area contributed by atoms with Crippen LogP contribution in [0.1, 0.15) is 19.4 Å². The summed E-state index contributed by atoms with van der Waals surface area (Å²) in [5.41, 5.74) is 3.98. The van der Waals surface area contributed by atoms with Crippen molar-refractivity contribution in [2.75, 3.05) is 13.2 Å². The molecule has 29 heavy (non-hydrogen) atoms. The first-order valence-electron chi connectivity index (χ1n) is 9.83. The van der Waals surface area contributed by atoms with E-state index in [0.717, 1.165) is 45.2 Å². The highest BCUT2D eigenvalue weighted by molar-refractivity contribution is 5.79. The second-order valence-corrected chi connectivity index (χ2v) is 6.57. The molecule has 0 saturated heterocycles. The summed E-state index contributed by atoms with van der Waals surface area (Å²) >= 11 is 0. The molecule has 0 aliphatic carbocycles. The van der Waals surface area contributed by atoms with Gasteiger partial charge in [0.2, 0.25) is 0 Å². The van der Waals surface area contributed by atoms with E-state index < -0.39 is 0 Å². The normalized spacial score (nSPS) is 10.8. The molecule has 5 nitrogen and oxygen atoms in total. The fourth-order valence-corrected chi connectivity index (χ4v) is 3.17. The number of imidazole rings is 1. The van der Waals surface area contributed by atoms with Gasteiger partial charge in [0.05, 0.1) is 24.2 Å². The molecule has 0 aliphatic rings. The van der Waals surface area contributed by atoms with Crippen molar-refractivity contribution in [3.05, 3.63) is 72.3 Å². The summed E-state index contributed by atoms with van der Waals surface area (Å²) < 4.78 is 17.3. The van der Waals surface area contributed by atoms with E-state index in [1.54, 1.807) is 0 Å². The van der Waals surface area contributed by atoms with E-state index in [4.69, 9.17) is 14.2 Å². The number of benzene rings is 3. The van der Waals surface area contributed by atoms with Crippen molar-refractivity contribution in [3.8, 4) is 28.6 Å². The summed E-state index contributed by atoms with van der Waals surface area (Å²) in [6.07, 6.45) is 0. The van der Waals surface area contributed by atoms with Crippen LogP contribution in [0.5, 0.6) is 17.2 Å². The second-order valence-electron chi connectivity index (χ2n) is 6.57. The third-order valence-electron chi connectivity index (χ3n) is 4.51. The maximum atomic E-state index is 6.02. The van der Waals surface area contributed by atoms with Crippen LogP contribution in [0.25, 0.3) is 22.4 Å². The first-order valence-corrected chi connectivity index (χ1v) is 9.83. The van der Waals surface area contributed by atoms with Crippen molar-refractivity contribution in [2.24, 2.45) is 0 Å². The highest BCUT2D eigenvalue weighted by atomic mass is 16.5. The zero-order valence-electron chi connectivity index (χ0n) is 16.6. The van der Waals surface area contributed by atoms with Crippen molar-refractivity contribution >= 4 is 11.0 Å². The number of aromatic nitrogens is 2. The maximum absolute atomic E-state index is 6.02. The Kier molecular flexibility index (Phi) is 5.66. The predicted molar refractivity (Wildman–Crippen MR) is 115 cm³/mol. The summed E-state index contributed by atoms with van der Waals surface area (Å²) in [6, 6.07) is 21.8. The number of rotatable bonds is 8. The zero-order valence-corrected chi connectivity index (χ0v) is 16.6. The fourth-order valence-electron chi connectivity index (χ4n) is 3.17. The molecular weight excluding hydrogens is 364 g/mol. The molecule has 0 aliphatic heterocycles. The highest BCUT2D eigenvalue weighted by Crippen LogP contribution is 2.29. The van der Waals surface area contributed by atoms with E-state index >= 15 is 0 Å². The lowest BCUT2D eigenvalue weighted by Gasteiger charge is -2.13. The van der Waals surface area contributed by atoms with Crippen LogP contribution < -0.4 is 14.2 Å². The predicted octanol–water partition coefficient (Wildman–Crippen LogP) is 5.61. The lowest BCUT2D eigenvalue weighted by molar-refractivity contribution is 0.283. The van der Waals surface area contributed by atoms with Crippen molar-refractivity contribution in [1.29, 1.82) is 0 Å². The van der Waals surface area contributed by atoms with Gasteiger partial charge < -0.3 is 19.2 Å². The molecule has 0 radical (unpaired) electrons. The molecule has 148 valence electrons. The molecular formula is C24H24N2O3. The Morgan fingerprint density at radius 3 is 2.45 bits per heavy atom. The third-order valence-corrected chi connectivity index (χ3v) is 4.51. The number of hydrogen-bond acceptors (Lipinski definition) is 4.